The fourth-order valence-corrected chi connectivity index (χ4v) is 4.60. The Labute approximate surface area is 246 Å². The first-order valence-corrected chi connectivity index (χ1v) is 15.8. The van der Waals surface area contributed by atoms with Gasteiger partial charge in [0.2, 0.25) is 5.91 Å². The maximum absolute atomic E-state index is 12.0. The molecule has 0 aromatic carbocycles. The molecule has 0 saturated heterocycles. The van der Waals surface area contributed by atoms with Gasteiger partial charge in [-0.1, -0.05) is 89.9 Å². The van der Waals surface area contributed by atoms with Crippen LogP contribution in [-0.2, 0) is 14.4 Å². The summed E-state index contributed by atoms with van der Waals surface area (Å²) in [5.41, 5.74) is 0. The molecule has 0 aliphatic rings. The van der Waals surface area contributed by atoms with E-state index < -0.39 is 42.9 Å². The molecule has 41 heavy (non-hydrogen) atoms. The fraction of sp³-hybridized carbons (Fsp3) is 0.900. The van der Waals surface area contributed by atoms with Gasteiger partial charge >= 0.3 is 5.97 Å². The molecule has 11 nitrogen and oxygen atoms in total. The molecular formula is C30H58N2O9. The quantitative estimate of drug-likeness (QED) is 0.0604. The number of aliphatic hydroxyl groups excluding tert-OH is 5. The molecule has 8 N–H and O–H groups in total. The van der Waals surface area contributed by atoms with Gasteiger partial charge in [0.25, 0.3) is 5.91 Å². The van der Waals surface area contributed by atoms with Gasteiger partial charge in [0.1, 0.15) is 18.3 Å². The Hall–Kier alpha value is -1.79. The van der Waals surface area contributed by atoms with Crippen molar-refractivity contribution in [1.82, 2.24) is 10.6 Å². The Morgan fingerprint density at radius 2 is 0.902 bits per heavy atom. The lowest BCUT2D eigenvalue weighted by atomic mass is 10.0. The van der Waals surface area contributed by atoms with E-state index in [1.165, 1.54) is 25.7 Å². The third-order valence-electron chi connectivity index (χ3n) is 7.29. The molecule has 0 spiro atoms. The predicted molar refractivity (Wildman–Crippen MR) is 157 cm³/mol. The molecule has 4 atom stereocenters. The van der Waals surface area contributed by atoms with Gasteiger partial charge in [-0.05, 0) is 25.7 Å². The Bertz CT molecular complexity index is 666. The van der Waals surface area contributed by atoms with Crippen molar-refractivity contribution in [3.05, 3.63) is 0 Å². The van der Waals surface area contributed by atoms with Crippen LogP contribution in [0.25, 0.3) is 0 Å². The molecule has 11 heteroatoms. The highest BCUT2D eigenvalue weighted by molar-refractivity contribution is 5.81. The molecule has 0 unspecified atom stereocenters. The second-order valence-corrected chi connectivity index (χ2v) is 11.1. The highest BCUT2D eigenvalue weighted by Gasteiger charge is 2.33. The number of hydrogen-bond donors (Lipinski definition) is 8. The minimum atomic E-state index is -1.89. The number of carboxylic acid groups (broad SMARTS) is 1. The summed E-state index contributed by atoms with van der Waals surface area (Å²) in [7, 11) is 0. The van der Waals surface area contributed by atoms with Gasteiger partial charge in [-0.15, -0.1) is 0 Å². The van der Waals surface area contributed by atoms with Crippen molar-refractivity contribution < 1.29 is 45.0 Å². The standard InChI is InChI=1S/C30H58N2O9/c33-23-24(34)27(38)28(39)29(40)30(41)32-22-18-14-10-6-1-3-7-11-15-19-25(35)31-21-17-13-9-5-2-4-8-12-16-20-26(36)37/h24,27-29,33-34,38-40H,1-23H2,(H,31,35)(H,32,41)(H,36,37)/t24-,27-,28+,29-/m1/s1. The van der Waals surface area contributed by atoms with Crippen LogP contribution in [0, 0.1) is 0 Å². The topological polar surface area (TPSA) is 197 Å². The van der Waals surface area contributed by atoms with Crippen LogP contribution in [-0.4, -0.2) is 92.5 Å². The van der Waals surface area contributed by atoms with Crippen LogP contribution in [0.3, 0.4) is 0 Å². The Kier molecular flexibility index (Phi) is 25.9. The van der Waals surface area contributed by atoms with E-state index in [4.69, 9.17) is 10.2 Å². The van der Waals surface area contributed by atoms with E-state index in [0.29, 0.717) is 13.0 Å². The van der Waals surface area contributed by atoms with E-state index in [2.05, 4.69) is 10.6 Å². The highest BCUT2D eigenvalue weighted by atomic mass is 16.4. The van der Waals surface area contributed by atoms with Crippen molar-refractivity contribution >= 4 is 17.8 Å². The average Bonchev–Trinajstić information content (AvgIpc) is 2.96. The molecule has 0 radical (unpaired) electrons. The molecule has 0 heterocycles. The normalized spacial score (nSPS) is 14.3. The molecule has 2 amide bonds. The second kappa shape index (κ2) is 27.1. The highest BCUT2D eigenvalue weighted by Crippen LogP contribution is 2.12. The number of carbonyl (C=O) groups excluding carboxylic acids is 2. The van der Waals surface area contributed by atoms with E-state index in [9.17, 15) is 34.8 Å². The molecule has 0 bridgehead atoms. The van der Waals surface area contributed by atoms with Crippen LogP contribution in [0.4, 0.5) is 0 Å². The monoisotopic (exact) mass is 590 g/mol. The number of amides is 2. The molecule has 0 aliphatic carbocycles. The van der Waals surface area contributed by atoms with Crippen molar-refractivity contribution in [2.45, 2.75) is 153 Å². The molecule has 0 fully saturated rings. The lowest BCUT2D eigenvalue weighted by Crippen LogP contribution is -2.51. The minimum absolute atomic E-state index is 0.138. The minimum Gasteiger partial charge on any atom is -0.481 e. The van der Waals surface area contributed by atoms with Gasteiger partial charge in [-0.3, -0.25) is 14.4 Å². The van der Waals surface area contributed by atoms with Gasteiger partial charge < -0.3 is 41.3 Å². The van der Waals surface area contributed by atoms with Crippen molar-refractivity contribution in [2.24, 2.45) is 0 Å². The predicted octanol–water partition coefficient (Wildman–Crippen LogP) is 2.54. The first kappa shape index (κ1) is 39.2. The zero-order valence-electron chi connectivity index (χ0n) is 25.0. The van der Waals surface area contributed by atoms with Crippen molar-refractivity contribution in [3.8, 4) is 0 Å². The number of aliphatic hydroxyl groups is 5. The number of unbranched alkanes of at least 4 members (excludes halogenated alkanes) is 16. The van der Waals surface area contributed by atoms with E-state index in [1.807, 2.05) is 0 Å². The van der Waals surface area contributed by atoms with Crippen molar-refractivity contribution in [3.63, 3.8) is 0 Å². The fourth-order valence-electron chi connectivity index (χ4n) is 4.60. The van der Waals surface area contributed by atoms with E-state index >= 15 is 0 Å². The lowest BCUT2D eigenvalue weighted by Gasteiger charge is -2.24. The first-order valence-electron chi connectivity index (χ1n) is 15.8. The smallest absolute Gasteiger partial charge is 0.303 e. The van der Waals surface area contributed by atoms with Crippen LogP contribution in [0.15, 0.2) is 0 Å². The first-order chi connectivity index (χ1) is 19.7. The SMILES string of the molecule is O=C(O)CCCCCCCCCCCNC(=O)CCCCCCCCCCCNC(=O)[C@H](O)[C@@H](O)[C@H](O)[C@H](O)CO. The van der Waals surface area contributed by atoms with Gasteiger partial charge in [-0.2, -0.15) is 0 Å². The Balaban J connectivity index is 3.43. The number of carboxylic acids is 1. The van der Waals surface area contributed by atoms with E-state index in [0.717, 1.165) is 96.4 Å². The summed E-state index contributed by atoms with van der Waals surface area (Å²) in [6, 6.07) is 0. The molecule has 0 rings (SSSR count). The summed E-state index contributed by atoms with van der Waals surface area (Å²) in [4.78, 5) is 34.3. The largest absolute Gasteiger partial charge is 0.481 e. The van der Waals surface area contributed by atoms with Gasteiger partial charge in [0.15, 0.2) is 6.10 Å². The number of aliphatic carboxylic acids is 1. The maximum atomic E-state index is 12.0. The van der Waals surface area contributed by atoms with Crippen LogP contribution >= 0.6 is 0 Å². The molecule has 0 aromatic heterocycles. The summed E-state index contributed by atoms with van der Waals surface area (Å²) in [5, 5.41) is 61.2. The third kappa shape index (κ3) is 23.5. The third-order valence-corrected chi connectivity index (χ3v) is 7.29. The summed E-state index contributed by atoms with van der Waals surface area (Å²) in [6.45, 7) is 0.286. The number of carbonyl (C=O) groups is 3. The zero-order chi connectivity index (χ0) is 30.7. The van der Waals surface area contributed by atoms with Gasteiger partial charge in [0, 0.05) is 25.9 Å². The average molecular weight is 591 g/mol. The number of hydrogen-bond acceptors (Lipinski definition) is 8. The van der Waals surface area contributed by atoms with Crippen molar-refractivity contribution in [1.29, 1.82) is 0 Å². The van der Waals surface area contributed by atoms with E-state index in [1.54, 1.807) is 0 Å². The second-order valence-electron chi connectivity index (χ2n) is 11.1. The maximum Gasteiger partial charge on any atom is 0.303 e. The zero-order valence-corrected chi connectivity index (χ0v) is 25.0. The van der Waals surface area contributed by atoms with Crippen LogP contribution in [0.5, 0.6) is 0 Å². The van der Waals surface area contributed by atoms with Gasteiger partial charge in [0.05, 0.1) is 6.61 Å². The molecule has 242 valence electrons. The molecule has 0 aromatic rings. The lowest BCUT2D eigenvalue weighted by molar-refractivity contribution is -0.148. The Morgan fingerprint density at radius 3 is 1.34 bits per heavy atom. The van der Waals surface area contributed by atoms with Crippen LogP contribution < -0.4 is 10.6 Å². The summed E-state index contributed by atoms with van der Waals surface area (Å²) >= 11 is 0. The Morgan fingerprint density at radius 1 is 0.512 bits per heavy atom. The summed E-state index contributed by atoms with van der Waals surface area (Å²) in [6.07, 6.45) is 12.5. The van der Waals surface area contributed by atoms with Crippen LogP contribution in [0.1, 0.15) is 128 Å². The number of rotatable bonds is 29. The van der Waals surface area contributed by atoms with E-state index in [-0.39, 0.29) is 12.3 Å². The summed E-state index contributed by atoms with van der Waals surface area (Å²) in [5.74, 6) is -1.40. The molecule has 0 saturated carbocycles. The number of nitrogens with one attached hydrogen (secondary N) is 2. The summed E-state index contributed by atoms with van der Waals surface area (Å²) < 4.78 is 0. The van der Waals surface area contributed by atoms with Gasteiger partial charge in [-0.25, -0.2) is 0 Å². The molecule has 0 aliphatic heterocycles. The van der Waals surface area contributed by atoms with Crippen molar-refractivity contribution in [2.75, 3.05) is 19.7 Å². The molecular weight excluding hydrogens is 532 g/mol. The van der Waals surface area contributed by atoms with Crippen LogP contribution in [0.2, 0.25) is 0 Å².